The van der Waals surface area contributed by atoms with Crippen molar-refractivity contribution in [3.8, 4) is 11.5 Å². The molecule has 4 heteroatoms. The summed E-state index contributed by atoms with van der Waals surface area (Å²) in [5.41, 5.74) is 2.14. The number of rotatable bonds is 3. The van der Waals surface area contributed by atoms with Crippen molar-refractivity contribution in [1.82, 2.24) is 4.90 Å². The first-order valence-corrected chi connectivity index (χ1v) is 6.96. The van der Waals surface area contributed by atoms with E-state index in [1.54, 1.807) is 20.3 Å². The van der Waals surface area contributed by atoms with Crippen molar-refractivity contribution >= 4 is 11.5 Å². The van der Waals surface area contributed by atoms with E-state index in [0.29, 0.717) is 17.5 Å². The normalized spacial score (nSPS) is 21.5. The van der Waals surface area contributed by atoms with Crippen LogP contribution in [-0.4, -0.2) is 37.6 Å². The molecule has 106 valence electrons. The first-order chi connectivity index (χ1) is 9.72. The molecule has 1 atom stereocenters. The second-order valence-electron chi connectivity index (χ2n) is 5.27. The molecule has 1 fully saturated rings. The number of nitrogens with zero attached hydrogens (tertiary/aromatic N) is 1. The maximum atomic E-state index is 12.1. The second kappa shape index (κ2) is 5.19. The number of methoxy groups -OCH3 is 2. The van der Waals surface area contributed by atoms with Gasteiger partial charge in [-0.25, -0.2) is 0 Å². The van der Waals surface area contributed by atoms with Crippen molar-refractivity contribution in [1.29, 1.82) is 0 Å². The molecule has 0 aromatic heterocycles. The van der Waals surface area contributed by atoms with Crippen LogP contribution in [-0.2, 0) is 4.79 Å². The molecule has 1 aromatic carbocycles. The van der Waals surface area contributed by atoms with Gasteiger partial charge in [0.25, 0.3) is 0 Å². The average Bonchev–Trinajstić information content (AvgIpc) is 2.95. The van der Waals surface area contributed by atoms with Gasteiger partial charge < -0.3 is 14.4 Å². The molecule has 0 unspecified atom stereocenters. The molecular weight excluding hydrogens is 254 g/mol. The molecule has 0 bridgehead atoms. The third-order valence-corrected chi connectivity index (χ3v) is 4.17. The SMILES string of the molecule is COc1ccc(C2=CC(=O)N3CCC[C@H]3C2)cc1OC. The van der Waals surface area contributed by atoms with Crippen molar-refractivity contribution in [2.75, 3.05) is 20.8 Å². The van der Waals surface area contributed by atoms with Crippen molar-refractivity contribution < 1.29 is 14.3 Å². The fourth-order valence-electron chi connectivity index (χ4n) is 3.12. The molecule has 4 nitrogen and oxygen atoms in total. The Kier molecular flexibility index (Phi) is 3.38. The molecule has 0 N–H and O–H groups in total. The molecular formula is C16H19NO3. The summed E-state index contributed by atoms with van der Waals surface area (Å²) in [5, 5.41) is 0. The van der Waals surface area contributed by atoms with Gasteiger partial charge in [0.15, 0.2) is 11.5 Å². The largest absolute Gasteiger partial charge is 0.493 e. The third kappa shape index (κ3) is 2.15. The summed E-state index contributed by atoms with van der Waals surface area (Å²) < 4.78 is 10.6. The third-order valence-electron chi connectivity index (χ3n) is 4.17. The summed E-state index contributed by atoms with van der Waals surface area (Å²) >= 11 is 0. The van der Waals surface area contributed by atoms with E-state index in [-0.39, 0.29) is 5.91 Å². The Morgan fingerprint density at radius 2 is 2.00 bits per heavy atom. The Morgan fingerprint density at radius 1 is 1.20 bits per heavy atom. The van der Waals surface area contributed by atoms with Gasteiger partial charge in [0, 0.05) is 18.7 Å². The standard InChI is InChI=1S/C16H19NO3/c1-19-14-6-5-11(9-15(14)20-2)12-8-13-4-3-7-17(13)16(18)10-12/h5-6,9-10,13H,3-4,7-8H2,1-2H3/t13-/m0/s1. The highest BCUT2D eigenvalue weighted by atomic mass is 16.5. The van der Waals surface area contributed by atoms with E-state index in [2.05, 4.69) is 0 Å². The second-order valence-corrected chi connectivity index (χ2v) is 5.27. The molecule has 3 rings (SSSR count). The first kappa shape index (κ1) is 13.0. The van der Waals surface area contributed by atoms with Crippen molar-refractivity contribution in [2.45, 2.75) is 25.3 Å². The van der Waals surface area contributed by atoms with Gasteiger partial charge >= 0.3 is 0 Å². The molecule has 0 saturated carbocycles. The van der Waals surface area contributed by atoms with E-state index in [0.717, 1.165) is 36.9 Å². The fraction of sp³-hybridized carbons (Fsp3) is 0.438. The van der Waals surface area contributed by atoms with Crippen LogP contribution in [0.5, 0.6) is 11.5 Å². The minimum atomic E-state index is 0.142. The van der Waals surface area contributed by atoms with Crippen molar-refractivity contribution in [3.63, 3.8) is 0 Å². The smallest absolute Gasteiger partial charge is 0.247 e. The number of hydrogen-bond acceptors (Lipinski definition) is 3. The highest BCUT2D eigenvalue weighted by Crippen LogP contribution is 2.36. The Morgan fingerprint density at radius 3 is 2.75 bits per heavy atom. The van der Waals surface area contributed by atoms with E-state index in [4.69, 9.17) is 9.47 Å². The predicted molar refractivity (Wildman–Crippen MR) is 76.9 cm³/mol. The van der Waals surface area contributed by atoms with Gasteiger partial charge in [0.05, 0.1) is 14.2 Å². The van der Waals surface area contributed by atoms with E-state index < -0.39 is 0 Å². The molecule has 0 aliphatic carbocycles. The molecule has 1 saturated heterocycles. The molecule has 0 radical (unpaired) electrons. The van der Waals surface area contributed by atoms with E-state index in [9.17, 15) is 4.79 Å². The zero-order chi connectivity index (χ0) is 14.1. The highest BCUT2D eigenvalue weighted by molar-refractivity contribution is 5.97. The Hall–Kier alpha value is -1.97. The van der Waals surface area contributed by atoms with Crippen LogP contribution in [0.3, 0.4) is 0 Å². The van der Waals surface area contributed by atoms with Gasteiger partial charge in [-0.1, -0.05) is 6.07 Å². The summed E-state index contributed by atoms with van der Waals surface area (Å²) in [6.07, 6.45) is 4.92. The average molecular weight is 273 g/mol. The molecule has 1 aromatic rings. The topological polar surface area (TPSA) is 38.8 Å². The summed E-state index contributed by atoms with van der Waals surface area (Å²) in [5.74, 6) is 1.55. The highest BCUT2D eigenvalue weighted by Gasteiger charge is 2.32. The Bertz CT molecular complexity index is 565. The molecule has 0 spiro atoms. The van der Waals surface area contributed by atoms with Crippen LogP contribution in [0.1, 0.15) is 24.8 Å². The lowest BCUT2D eigenvalue weighted by atomic mass is 9.93. The van der Waals surface area contributed by atoms with Crippen LogP contribution in [0.15, 0.2) is 24.3 Å². The summed E-state index contributed by atoms with van der Waals surface area (Å²) in [7, 11) is 3.25. The van der Waals surface area contributed by atoms with Gasteiger partial charge in [-0.3, -0.25) is 4.79 Å². The number of benzene rings is 1. The number of carbonyl (C=O) groups is 1. The zero-order valence-electron chi connectivity index (χ0n) is 11.9. The lowest BCUT2D eigenvalue weighted by Gasteiger charge is -2.29. The minimum absolute atomic E-state index is 0.142. The maximum Gasteiger partial charge on any atom is 0.247 e. The quantitative estimate of drug-likeness (QED) is 0.849. The van der Waals surface area contributed by atoms with Gasteiger partial charge in [0.1, 0.15) is 0 Å². The molecule has 20 heavy (non-hydrogen) atoms. The molecule has 1 amide bonds. The van der Waals surface area contributed by atoms with Crippen molar-refractivity contribution in [3.05, 3.63) is 29.8 Å². The minimum Gasteiger partial charge on any atom is -0.493 e. The number of hydrogen-bond donors (Lipinski definition) is 0. The first-order valence-electron chi connectivity index (χ1n) is 6.96. The van der Waals surface area contributed by atoms with Crippen LogP contribution in [0, 0.1) is 0 Å². The van der Waals surface area contributed by atoms with Crippen LogP contribution >= 0.6 is 0 Å². The van der Waals surface area contributed by atoms with Crippen LogP contribution in [0.2, 0.25) is 0 Å². The van der Waals surface area contributed by atoms with Crippen LogP contribution < -0.4 is 9.47 Å². The van der Waals surface area contributed by atoms with E-state index in [1.165, 1.54) is 0 Å². The zero-order valence-corrected chi connectivity index (χ0v) is 11.9. The maximum absolute atomic E-state index is 12.1. The van der Waals surface area contributed by atoms with E-state index in [1.807, 2.05) is 23.1 Å². The summed E-state index contributed by atoms with van der Waals surface area (Å²) in [6, 6.07) is 6.20. The number of ether oxygens (including phenoxy) is 2. The van der Waals surface area contributed by atoms with Gasteiger partial charge in [-0.2, -0.15) is 0 Å². The fourth-order valence-corrected chi connectivity index (χ4v) is 3.12. The predicted octanol–water partition coefficient (Wildman–Crippen LogP) is 2.48. The number of amides is 1. The Labute approximate surface area is 119 Å². The van der Waals surface area contributed by atoms with Crippen LogP contribution in [0.4, 0.5) is 0 Å². The van der Waals surface area contributed by atoms with E-state index >= 15 is 0 Å². The lowest BCUT2D eigenvalue weighted by molar-refractivity contribution is -0.127. The molecule has 2 aliphatic rings. The monoisotopic (exact) mass is 273 g/mol. The summed E-state index contributed by atoms with van der Waals surface area (Å²) in [4.78, 5) is 14.1. The van der Waals surface area contributed by atoms with Gasteiger partial charge in [-0.15, -0.1) is 0 Å². The Balaban J connectivity index is 1.93. The van der Waals surface area contributed by atoms with Crippen molar-refractivity contribution in [2.24, 2.45) is 0 Å². The summed E-state index contributed by atoms with van der Waals surface area (Å²) in [6.45, 7) is 0.902. The van der Waals surface area contributed by atoms with Gasteiger partial charge in [0.2, 0.25) is 5.91 Å². The molecule has 2 heterocycles. The lowest BCUT2D eigenvalue weighted by Crippen LogP contribution is -2.37. The van der Waals surface area contributed by atoms with Gasteiger partial charge in [-0.05, 0) is 42.5 Å². The van der Waals surface area contributed by atoms with Crippen LogP contribution in [0.25, 0.3) is 5.57 Å². The number of fused-ring (bicyclic) bond motifs is 1. The molecule has 2 aliphatic heterocycles. The number of carbonyl (C=O) groups excluding carboxylic acids is 1.